The van der Waals surface area contributed by atoms with Crippen LogP contribution in [0, 0.1) is 12.8 Å². The van der Waals surface area contributed by atoms with E-state index in [9.17, 15) is 4.79 Å². The van der Waals surface area contributed by atoms with Crippen LogP contribution in [0.5, 0.6) is 0 Å². The lowest BCUT2D eigenvalue weighted by atomic mass is 9.76. The third-order valence-electron chi connectivity index (χ3n) is 6.25. The Labute approximate surface area is 145 Å². The van der Waals surface area contributed by atoms with Crippen LogP contribution in [0.2, 0.25) is 0 Å². The zero-order chi connectivity index (χ0) is 16.8. The average molecular weight is 327 g/mol. The Bertz CT molecular complexity index is 642. The van der Waals surface area contributed by atoms with E-state index in [0.29, 0.717) is 18.0 Å². The Morgan fingerprint density at radius 2 is 2.08 bits per heavy atom. The molecule has 0 bridgehead atoms. The second-order valence-electron chi connectivity index (χ2n) is 8.04. The van der Waals surface area contributed by atoms with Gasteiger partial charge in [0.05, 0.1) is 0 Å². The van der Waals surface area contributed by atoms with Gasteiger partial charge >= 0.3 is 6.03 Å². The van der Waals surface area contributed by atoms with Gasteiger partial charge in [0.25, 0.3) is 0 Å². The van der Waals surface area contributed by atoms with E-state index < -0.39 is 0 Å². The molecule has 0 aliphatic carbocycles. The van der Waals surface area contributed by atoms with E-state index in [0.717, 1.165) is 25.9 Å². The summed E-state index contributed by atoms with van der Waals surface area (Å²) in [7, 11) is 3.75. The summed E-state index contributed by atoms with van der Waals surface area (Å²) >= 11 is 0. The predicted molar refractivity (Wildman–Crippen MR) is 96.1 cm³/mol. The second-order valence-corrected chi connectivity index (χ2v) is 8.04. The van der Waals surface area contributed by atoms with E-state index in [1.807, 2.05) is 14.1 Å². The molecule has 24 heavy (non-hydrogen) atoms. The van der Waals surface area contributed by atoms with Gasteiger partial charge in [0.1, 0.15) is 0 Å². The molecule has 0 radical (unpaired) electrons. The van der Waals surface area contributed by atoms with Crippen molar-refractivity contribution >= 4 is 6.03 Å². The standard InChI is InChI=1S/C20H29N3O/c1-14-6-7-17-15(11-14)8-10-22-13-16-5-4-9-23(20(24)21(2)3)18(16)12-19(17)22/h6-7,11,16,18-19H,4-5,8-10,12-13H2,1-3H3. The summed E-state index contributed by atoms with van der Waals surface area (Å²) in [5.74, 6) is 0.644. The third kappa shape index (κ3) is 2.61. The Hall–Kier alpha value is -1.55. The number of nitrogens with zero attached hydrogens (tertiary/aromatic N) is 3. The highest BCUT2D eigenvalue weighted by molar-refractivity contribution is 5.74. The van der Waals surface area contributed by atoms with Crippen LogP contribution in [0.4, 0.5) is 4.79 Å². The molecule has 4 heteroatoms. The summed E-state index contributed by atoms with van der Waals surface area (Å²) in [6.45, 7) is 5.43. The van der Waals surface area contributed by atoms with E-state index in [2.05, 4.69) is 34.9 Å². The molecule has 3 aliphatic heterocycles. The number of hydrogen-bond donors (Lipinski definition) is 0. The molecular weight excluding hydrogens is 298 g/mol. The van der Waals surface area contributed by atoms with E-state index in [-0.39, 0.29) is 6.03 Å². The highest BCUT2D eigenvalue weighted by atomic mass is 16.2. The molecule has 1 aromatic rings. The summed E-state index contributed by atoms with van der Waals surface area (Å²) < 4.78 is 0. The van der Waals surface area contributed by atoms with E-state index in [4.69, 9.17) is 0 Å². The number of carbonyl (C=O) groups excluding carboxylic acids is 1. The topological polar surface area (TPSA) is 26.8 Å². The smallest absolute Gasteiger partial charge is 0.319 e. The van der Waals surface area contributed by atoms with Crippen LogP contribution < -0.4 is 0 Å². The summed E-state index contributed by atoms with van der Waals surface area (Å²) in [6.07, 6.45) is 4.69. The van der Waals surface area contributed by atoms with Crippen molar-refractivity contribution in [3.8, 4) is 0 Å². The Balaban J connectivity index is 1.63. The molecule has 130 valence electrons. The molecule has 3 heterocycles. The van der Waals surface area contributed by atoms with Gasteiger partial charge < -0.3 is 9.80 Å². The van der Waals surface area contributed by atoms with Gasteiger partial charge in [0.2, 0.25) is 0 Å². The lowest BCUT2D eigenvalue weighted by Crippen LogP contribution is -2.59. The normalized spacial score (nSPS) is 29.5. The molecule has 4 nitrogen and oxygen atoms in total. The van der Waals surface area contributed by atoms with Crippen LogP contribution in [-0.4, -0.2) is 60.5 Å². The van der Waals surface area contributed by atoms with Gasteiger partial charge in [-0.05, 0) is 49.7 Å². The lowest BCUT2D eigenvalue weighted by Gasteiger charge is -2.52. The second kappa shape index (κ2) is 6.07. The molecule has 3 atom stereocenters. The first-order valence-electron chi connectivity index (χ1n) is 9.36. The first kappa shape index (κ1) is 15.9. The summed E-state index contributed by atoms with van der Waals surface area (Å²) in [6, 6.07) is 8.04. The van der Waals surface area contributed by atoms with Crippen molar-refractivity contribution in [2.45, 2.75) is 44.7 Å². The lowest BCUT2D eigenvalue weighted by molar-refractivity contribution is 0.00110. The highest BCUT2D eigenvalue weighted by Gasteiger charge is 2.44. The van der Waals surface area contributed by atoms with Gasteiger partial charge in [-0.15, -0.1) is 0 Å². The number of piperidine rings is 2. The summed E-state index contributed by atoms with van der Waals surface area (Å²) in [5, 5.41) is 0. The minimum absolute atomic E-state index is 0.193. The Kier molecular flexibility index (Phi) is 4.03. The van der Waals surface area contributed by atoms with Gasteiger partial charge in [-0.25, -0.2) is 4.79 Å². The predicted octanol–water partition coefficient (Wildman–Crippen LogP) is 3.06. The Morgan fingerprint density at radius 3 is 2.88 bits per heavy atom. The first-order chi connectivity index (χ1) is 11.5. The fourth-order valence-corrected chi connectivity index (χ4v) is 5.08. The number of aryl methyl sites for hydroxylation is 1. The van der Waals surface area contributed by atoms with Gasteiger partial charge in [0, 0.05) is 45.8 Å². The van der Waals surface area contributed by atoms with Crippen molar-refractivity contribution in [2.24, 2.45) is 5.92 Å². The van der Waals surface area contributed by atoms with Crippen molar-refractivity contribution in [3.05, 3.63) is 34.9 Å². The average Bonchev–Trinajstić information content (AvgIpc) is 2.58. The number of carbonyl (C=O) groups is 1. The SMILES string of the molecule is Cc1ccc2c(c1)CCN1CC3CCCN(C(=O)N(C)C)C3CC21. The number of urea groups is 1. The number of likely N-dealkylation sites (tertiary alicyclic amines) is 1. The highest BCUT2D eigenvalue weighted by Crippen LogP contribution is 2.43. The van der Waals surface area contributed by atoms with Gasteiger partial charge in [0.15, 0.2) is 0 Å². The minimum atomic E-state index is 0.193. The van der Waals surface area contributed by atoms with E-state index in [1.54, 1.807) is 4.90 Å². The monoisotopic (exact) mass is 327 g/mol. The molecule has 0 aromatic heterocycles. The van der Waals surface area contributed by atoms with E-state index >= 15 is 0 Å². The van der Waals surface area contributed by atoms with Gasteiger partial charge in [-0.1, -0.05) is 23.8 Å². The molecule has 0 N–H and O–H groups in total. The van der Waals surface area contributed by atoms with Crippen molar-refractivity contribution in [3.63, 3.8) is 0 Å². The van der Waals surface area contributed by atoms with Crippen molar-refractivity contribution in [1.29, 1.82) is 0 Å². The van der Waals surface area contributed by atoms with Crippen LogP contribution in [0.1, 0.15) is 42.0 Å². The number of hydrogen-bond acceptors (Lipinski definition) is 2. The number of fused-ring (bicyclic) bond motifs is 4. The molecule has 3 aliphatic rings. The molecule has 4 rings (SSSR count). The minimum Gasteiger partial charge on any atom is -0.331 e. The van der Waals surface area contributed by atoms with Crippen LogP contribution in [0.3, 0.4) is 0 Å². The molecule has 0 spiro atoms. The molecule has 3 unspecified atom stereocenters. The van der Waals surface area contributed by atoms with Gasteiger partial charge in [-0.3, -0.25) is 4.90 Å². The molecule has 2 amide bonds. The largest absolute Gasteiger partial charge is 0.331 e. The van der Waals surface area contributed by atoms with Crippen LogP contribution in [-0.2, 0) is 6.42 Å². The summed E-state index contributed by atoms with van der Waals surface area (Å²) in [4.78, 5) is 19.2. The first-order valence-corrected chi connectivity index (χ1v) is 9.36. The zero-order valence-electron chi connectivity index (χ0n) is 15.2. The Morgan fingerprint density at radius 1 is 1.25 bits per heavy atom. The molecule has 1 aromatic carbocycles. The van der Waals surface area contributed by atoms with Crippen LogP contribution >= 0.6 is 0 Å². The fraction of sp³-hybridized carbons (Fsp3) is 0.650. The van der Waals surface area contributed by atoms with Crippen molar-refractivity contribution in [2.75, 3.05) is 33.7 Å². The molecule has 2 saturated heterocycles. The zero-order valence-corrected chi connectivity index (χ0v) is 15.2. The number of benzene rings is 1. The van der Waals surface area contributed by atoms with Crippen molar-refractivity contribution < 1.29 is 4.79 Å². The maximum absolute atomic E-state index is 12.6. The maximum Gasteiger partial charge on any atom is 0.319 e. The molecular formula is C20H29N3O. The van der Waals surface area contributed by atoms with Gasteiger partial charge in [-0.2, -0.15) is 0 Å². The summed E-state index contributed by atoms with van der Waals surface area (Å²) in [5.41, 5.74) is 4.39. The van der Waals surface area contributed by atoms with Crippen LogP contribution in [0.15, 0.2) is 18.2 Å². The molecule has 0 saturated carbocycles. The maximum atomic E-state index is 12.6. The van der Waals surface area contributed by atoms with E-state index in [1.165, 1.54) is 36.1 Å². The number of rotatable bonds is 0. The number of amides is 2. The van der Waals surface area contributed by atoms with Crippen LogP contribution in [0.25, 0.3) is 0 Å². The quantitative estimate of drug-likeness (QED) is 0.732. The fourth-order valence-electron chi connectivity index (χ4n) is 5.08. The molecule has 2 fully saturated rings. The third-order valence-corrected chi connectivity index (χ3v) is 6.25. The van der Waals surface area contributed by atoms with Crippen molar-refractivity contribution in [1.82, 2.24) is 14.7 Å².